The summed E-state index contributed by atoms with van der Waals surface area (Å²) < 4.78 is 6.76. The van der Waals surface area contributed by atoms with Crippen LogP contribution in [0.4, 0.5) is 11.5 Å². The van der Waals surface area contributed by atoms with E-state index in [9.17, 15) is 15.0 Å². The summed E-state index contributed by atoms with van der Waals surface area (Å²) in [5, 5.41) is 23.0. The van der Waals surface area contributed by atoms with Gasteiger partial charge in [0.15, 0.2) is 6.23 Å². The van der Waals surface area contributed by atoms with Crippen molar-refractivity contribution in [3.8, 4) is 0 Å². The summed E-state index contributed by atoms with van der Waals surface area (Å²) in [6.07, 6.45) is -1.56. The Labute approximate surface area is 133 Å². The van der Waals surface area contributed by atoms with Crippen molar-refractivity contribution in [1.82, 2.24) is 9.55 Å². The Hall–Kier alpha value is -2.22. The van der Waals surface area contributed by atoms with E-state index in [2.05, 4.69) is 10.3 Å². The molecule has 1 saturated heterocycles. The van der Waals surface area contributed by atoms with Gasteiger partial charge in [-0.3, -0.25) is 4.57 Å². The summed E-state index contributed by atoms with van der Waals surface area (Å²) in [6.45, 7) is 1.84. The molecule has 0 radical (unpaired) electrons. The predicted molar refractivity (Wildman–Crippen MR) is 84.4 cm³/mol. The number of aliphatic hydroxyl groups excluding tert-OH is 2. The van der Waals surface area contributed by atoms with Crippen molar-refractivity contribution in [2.75, 3.05) is 5.32 Å². The van der Waals surface area contributed by atoms with Crippen LogP contribution in [0.5, 0.6) is 0 Å². The van der Waals surface area contributed by atoms with Crippen LogP contribution >= 0.6 is 0 Å². The number of ether oxygens (including phenoxy) is 1. The Morgan fingerprint density at radius 3 is 2.57 bits per heavy atom. The molecule has 1 aliphatic rings. The summed E-state index contributed by atoms with van der Waals surface area (Å²) in [6, 6.07) is 11.0. The second-order valence-corrected chi connectivity index (χ2v) is 5.45. The minimum atomic E-state index is -1.16. The molecule has 0 amide bonds. The minimum absolute atomic E-state index is 0.400. The predicted octanol–water partition coefficient (Wildman–Crippen LogP) is 1.02. The molecular weight excluding hydrogens is 298 g/mol. The number of para-hydroxylation sites is 1. The minimum Gasteiger partial charge on any atom is -0.388 e. The largest absolute Gasteiger partial charge is 0.388 e. The van der Waals surface area contributed by atoms with Crippen molar-refractivity contribution in [3.63, 3.8) is 0 Å². The normalized spacial score (nSPS) is 27.1. The Bertz CT molecular complexity index is 719. The van der Waals surface area contributed by atoms with Crippen LogP contribution < -0.4 is 11.0 Å². The van der Waals surface area contributed by atoms with Crippen LogP contribution in [0.15, 0.2) is 47.4 Å². The molecule has 23 heavy (non-hydrogen) atoms. The van der Waals surface area contributed by atoms with Crippen molar-refractivity contribution in [3.05, 3.63) is 53.1 Å². The van der Waals surface area contributed by atoms with Crippen LogP contribution in [-0.4, -0.2) is 38.1 Å². The monoisotopic (exact) mass is 317 g/mol. The van der Waals surface area contributed by atoms with Gasteiger partial charge in [0.05, 0.1) is 6.10 Å². The molecule has 1 aromatic heterocycles. The van der Waals surface area contributed by atoms with E-state index in [1.165, 1.54) is 10.8 Å². The highest BCUT2D eigenvalue weighted by atomic mass is 16.6. The number of hydrogen-bond acceptors (Lipinski definition) is 6. The summed E-state index contributed by atoms with van der Waals surface area (Å²) >= 11 is 0. The molecule has 0 saturated carbocycles. The van der Waals surface area contributed by atoms with Gasteiger partial charge >= 0.3 is 5.69 Å². The topological polar surface area (TPSA) is 96.6 Å². The van der Waals surface area contributed by atoms with E-state index in [-0.39, 0.29) is 0 Å². The van der Waals surface area contributed by atoms with Crippen molar-refractivity contribution < 1.29 is 14.9 Å². The van der Waals surface area contributed by atoms with Gasteiger partial charge in [-0.25, -0.2) is 4.79 Å². The molecule has 4 atom stereocenters. The lowest BCUT2D eigenvalue weighted by atomic mass is 10.1. The van der Waals surface area contributed by atoms with Crippen LogP contribution in [0.25, 0.3) is 0 Å². The van der Waals surface area contributed by atoms with Crippen LogP contribution in [0, 0.1) is 0 Å². The fourth-order valence-corrected chi connectivity index (χ4v) is 2.64. The van der Waals surface area contributed by atoms with Crippen LogP contribution in [0.2, 0.25) is 0 Å². The SMILES string of the molecule is CC[C@H]1O[C@@H](n2ccc(Nc3ccccc3)nc2=O)C(O)[C@H]1O. The lowest BCUT2D eigenvalue weighted by Crippen LogP contribution is -2.35. The Kier molecular flexibility index (Phi) is 4.42. The Morgan fingerprint density at radius 2 is 1.96 bits per heavy atom. The average Bonchev–Trinajstić information content (AvgIpc) is 2.84. The van der Waals surface area contributed by atoms with E-state index in [1.807, 2.05) is 37.3 Å². The lowest BCUT2D eigenvalue weighted by Gasteiger charge is -2.17. The number of rotatable bonds is 4. The van der Waals surface area contributed by atoms with Crippen LogP contribution in [-0.2, 0) is 4.74 Å². The van der Waals surface area contributed by atoms with E-state index in [4.69, 9.17) is 4.74 Å². The Morgan fingerprint density at radius 1 is 1.22 bits per heavy atom. The first-order chi connectivity index (χ1) is 11.1. The molecule has 2 heterocycles. The van der Waals surface area contributed by atoms with Gasteiger partial charge in [-0.15, -0.1) is 0 Å². The first kappa shape index (κ1) is 15.7. The maximum absolute atomic E-state index is 12.2. The summed E-state index contributed by atoms with van der Waals surface area (Å²) in [5.41, 5.74) is 0.259. The molecule has 0 aliphatic carbocycles. The number of benzene rings is 1. The molecule has 2 aromatic rings. The fourth-order valence-electron chi connectivity index (χ4n) is 2.64. The fraction of sp³-hybridized carbons (Fsp3) is 0.375. The van der Waals surface area contributed by atoms with Gasteiger partial charge < -0.3 is 20.3 Å². The van der Waals surface area contributed by atoms with E-state index in [0.29, 0.717) is 12.2 Å². The zero-order chi connectivity index (χ0) is 16.4. The van der Waals surface area contributed by atoms with Gasteiger partial charge in [0, 0.05) is 11.9 Å². The molecule has 1 aromatic carbocycles. The standard InChI is InChI=1S/C16H19N3O4/c1-2-11-13(20)14(21)15(23-11)19-9-8-12(18-16(19)22)17-10-6-4-3-5-7-10/h3-9,11,13-15,20-21H,2H2,1H3,(H,17,18,22)/t11-,13+,14?,15-/m1/s1. The number of nitrogens with one attached hydrogen (secondary N) is 1. The molecule has 0 bridgehead atoms. The van der Waals surface area contributed by atoms with Crippen molar-refractivity contribution >= 4 is 11.5 Å². The molecule has 7 nitrogen and oxygen atoms in total. The molecule has 0 spiro atoms. The summed E-state index contributed by atoms with van der Waals surface area (Å²) in [7, 11) is 0. The molecule has 1 aliphatic heterocycles. The molecule has 3 rings (SSSR count). The Balaban J connectivity index is 1.82. The summed E-state index contributed by atoms with van der Waals surface area (Å²) in [5.74, 6) is 0.400. The molecule has 122 valence electrons. The smallest absolute Gasteiger partial charge is 0.351 e. The van der Waals surface area contributed by atoms with Crippen LogP contribution in [0.1, 0.15) is 19.6 Å². The highest BCUT2D eigenvalue weighted by Crippen LogP contribution is 2.29. The van der Waals surface area contributed by atoms with Gasteiger partial charge in [0.2, 0.25) is 0 Å². The maximum atomic E-state index is 12.2. The third-order valence-electron chi connectivity index (χ3n) is 3.89. The highest BCUT2D eigenvalue weighted by molar-refractivity contribution is 5.54. The summed E-state index contributed by atoms with van der Waals surface area (Å²) in [4.78, 5) is 16.2. The van der Waals surface area contributed by atoms with E-state index in [1.54, 1.807) is 6.07 Å². The maximum Gasteiger partial charge on any atom is 0.351 e. The highest BCUT2D eigenvalue weighted by Gasteiger charge is 2.43. The van der Waals surface area contributed by atoms with Gasteiger partial charge in [-0.05, 0) is 24.6 Å². The number of hydrogen-bond donors (Lipinski definition) is 3. The first-order valence-corrected chi connectivity index (χ1v) is 7.53. The van der Waals surface area contributed by atoms with Gasteiger partial charge in [0.25, 0.3) is 0 Å². The number of aromatic nitrogens is 2. The first-order valence-electron chi connectivity index (χ1n) is 7.53. The van der Waals surface area contributed by atoms with E-state index >= 15 is 0 Å². The number of nitrogens with zero attached hydrogens (tertiary/aromatic N) is 2. The van der Waals surface area contributed by atoms with Gasteiger partial charge in [0.1, 0.15) is 18.0 Å². The third kappa shape index (κ3) is 3.12. The van der Waals surface area contributed by atoms with Crippen LogP contribution in [0.3, 0.4) is 0 Å². The third-order valence-corrected chi connectivity index (χ3v) is 3.89. The zero-order valence-electron chi connectivity index (χ0n) is 12.7. The zero-order valence-corrected chi connectivity index (χ0v) is 12.7. The molecule has 7 heteroatoms. The van der Waals surface area contributed by atoms with E-state index < -0.39 is 30.2 Å². The molecule has 1 unspecified atom stereocenters. The van der Waals surface area contributed by atoms with Gasteiger partial charge in [-0.2, -0.15) is 4.98 Å². The van der Waals surface area contributed by atoms with Gasteiger partial charge in [-0.1, -0.05) is 25.1 Å². The number of aliphatic hydroxyl groups is 2. The number of anilines is 2. The second-order valence-electron chi connectivity index (χ2n) is 5.45. The lowest BCUT2D eigenvalue weighted by molar-refractivity contribution is -0.0403. The van der Waals surface area contributed by atoms with E-state index in [0.717, 1.165) is 5.69 Å². The second kappa shape index (κ2) is 6.49. The van der Waals surface area contributed by atoms with Crippen molar-refractivity contribution in [1.29, 1.82) is 0 Å². The van der Waals surface area contributed by atoms with Crippen molar-refractivity contribution in [2.45, 2.75) is 37.9 Å². The molecule has 1 fully saturated rings. The molecule has 3 N–H and O–H groups in total. The quantitative estimate of drug-likeness (QED) is 0.779. The van der Waals surface area contributed by atoms with Crippen molar-refractivity contribution in [2.24, 2.45) is 0 Å². The average molecular weight is 317 g/mol. The molecular formula is C16H19N3O4.